The molecule has 2 unspecified atom stereocenters. The van der Waals surface area contributed by atoms with Crippen molar-refractivity contribution in [2.45, 2.75) is 26.7 Å². The highest BCUT2D eigenvalue weighted by molar-refractivity contribution is 6.31. The Morgan fingerprint density at radius 1 is 1.44 bits per heavy atom. The first kappa shape index (κ1) is 13.4. The van der Waals surface area contributed by atoms with Gasteiger partial charge in [0.05, 0.1) is 10.7 Å². The van der Waals surface area contributed by atoms with Crippen LogP contribution in [0.3, 0.4) is 0 Å². The van der Waals surface area contributed by atoms with Gasteiger partial charge in [-0.2, -0.15) is 0 Å². The Balaban J connectivity index is 1.96. The van der Waals surface area contributed by atoms with Gasteiger partial charge in [0.2, 0.25) is 0 Å². The molecule has 2 rings (SSSR count). The second-order valence-electron chi connectivity index (χ2n) is 5.28. The van der Waals surface area contributed by atoms with E-state index in [9.17, 15) is 4.39 Å². The summed E-state index contributed by atoms with van der Waals surface area (Å²) in [5, 5.41) is 3.35. The fraction of sp³-hybridized carbons (Fsp3) is 0.467. The predicted molar refractivity (Wildman–Crippen MR) is 75.5 cm³/mol. The number of hydrogen-bond donors (Lipinski definition) is 1. The number of halogens is 2. The van der Waals surface area contributed by atoms with Crippen LogP contribution in [0.25, 0.3) is 0 Å². The monoisotopic (exact) mass is 267 g/mol. The van der Waals surface area contributed by atoms with Gasteiger partial charge in [0.15, 0.2) is 5.82 Å². The molecule has 1 aliphatic rings. The molecule has 98 valence electrons. The number of hydrogen-bond acceptors (Lipinski definition) is 1. The number of rotatable bonds is 3. The van der Waals surface area contributed by atoms with Crippen LogP contribution < -0.4 is 5.32 Å². The molecule has 0 amide bonds. The van der Waals surface area contributed by atoms with E-state index in [0.717, 1.165) is 19.4 Å². The van der Waals surface area contributed by atoms with Gasteiger partial charge in [-0.15, -0.1) is 0 Å². The van der Waals surface area contributed by atoms with Crippen molar-refractivity contribution in [2.24, 2.45) is 11.8 Å². The summed E-state index contributed by atoms with van der Waals surface area (Å²) in [7, 11) is 0. The van der Waals surface area contributed by atoms with Crippen molar-refractivity contribution >= 4 is 17.3 Å². The first-order chi connectivity index (χ1) is 8.56. The minimum absolute atomic E-state index is 0.174. The van der Waals surface area contributed by atoms with Crippen LogP contribution in [0.1, 0.15) is 26.7 Å². The Labute approximate surface area is 113 Å². The lowest BCUT2D eigenvalue weighted by Crippen LogP contribution is -2.20. The quantitative estimate of drug-likeness (QED) is 0.770. The number of benzene rings is 1. The first-order valence-electron chi connectivity index (χ1n) is 6.41. The van der Waals surface area contributed by atoms with E-state index in [1.807, 2.05) is 0 Å². The molecule has 1 N–H and O–H groups in total. The lowest BCUT2D eigenvalue weighted by Gasteiger charge is -2.26. The van der Waals surface area contributed by atoms with Crippen LogP contribution in [0.4, 0.5) is 10.1 Å². The van der Waals surface area contributed by atoms with Crippen molar-refractivity contribution < 1.29 is 4.39 Å². The third-order valence-corrected chi connectivity index (χ3v) is 3.71. The fourth-order valence-electron chi connectivity index (χ4n) is 2.74. The van der Waals surface area contributed by atoms with Crippen molar-refractivity contribution in [3.63, 3.8) is 0 Å². The van der Waals surface area contributed by atoms with E-state index in [0.29, 0.717) is 17.5 Å². The summed E-state index contributed by atoms with van der Waals surface area (Å²) in [5.74, 6) is 0.841. The van der Waals surface area contributed by atoms with Crippen LogP contribution in [-0.2, 0) is 0 Å². The lowest BCUT2D eigenvalue weighted by atomic mass is 9.84. The molecule has 1 aromatic rings. The van der Waals surface area contributed by atoms with Gasteiger partial charge in [0, 0.05) is 6.54 Å². The van der Waals surface area contributed by atoms with Crippen molar-refractivity contribution in [2.75, 3.05) is 11.9 Å². The van der Waals surface area contributed by atoms with Crippen LogP contribution in [0.5, 0.6) is 0 Å². The third-order valence-electron chi connectivity index (χ3n) is 3.42. The lowest BCUT2D eigenvalue weighted by molar-refractivity contribution is 0.420. The zero-order valence-electron chi connectivity index (χ0n) is 10.8. The van der Waals surface area contributed by atoms with E-state index in [1.165, 1.54) is 5.57 Å². The minimum atomic E-state index is -0.352. The predicted octanol–water partition coefficient (Wildman–Crippen LogP) is 4.88. The molecule has 0 saturated heterocycles. The maximum absolute atomic E-state index is 13.7. The van der Waals surface area contributed by atoms with Gasteiger partial charge in [0.1, 0.15) is 0 Å². The summed E-state index contributed by atoms with van der Waals surface area (Å²) in [6.45, 7) is 5.20. The first-order valence-corrected chi connectivity index (χ1v) is 6.79. The Morgan fingerprint density at radius 3 is 2.94 bits per heavy atom. The molecule has 1 aliphatic carbocycles. The summed E-state index contributed by atoms with van der Waals surface area (Å²) in [6, 6.07) is 5.07. The third kappa shape index (κ3) is 3.26. The summed E-state index contributed by atoms with van der Waals surface area (Å²) in [4.78, 5) is 0. The van der Waals surface area contributed by atoms with E-state index >= 15 is 0 Å². The molecule has 1 aromatic carbocycles. The normalized spacial score (nSPS) is 23.7. The summed E-state index contributed by atoms with van der Waals surface area (Å²) in [6.07, 6.45) is 4.59. The van der Waals surface area contributed by atoms with Crippen LogP contribution >= 0.6 is 11.6 Å². The second-order valence-corrected chi connectivity index (χ2v) is 5.69. The van der Waals surface area contributed by atoms with Gasteiger partial charge in [0.25, 0.3) is 0 Å². The fourth-order valence-corrected chi connectivity index (χ4v) is 2.91. The largest absolute Gasteiger partial charge is 0.382 e. The smallest absolute Gasteiger partial charge is 0.164 e. The molecule has 1 nitrogen and oxygen atoms in total. The highest BCUT2D eigenvalue weighted by Gasteiger charge is 2.18. The molecule has 0 bridgehead atoms. The number of nitrogens with one attached hydrogen (secondary N) is 1. The van der Waals surface area contributed by atoms with Crippen LogP contribution in [0, 0.1) is 17.7 Å². The van der Waals surface area contributed by atoms with E-state index < -0.39 is 0 Å². The average molecular weight is 268 g/mol. The van der Waals surface area contributed by atoms with Crippen molar-refractivity contribution in [1.29, 1.82) is 0 Å². The van der Waals surface area contributed by atoms with Gasteiger partial charge in [-0.05, 0) is 43.7 Å². The molecule has 0 aliphatic heterocycles. The maximum Gasteiger partial charge on any atom is 0.164 e. The van der Waals surface area contributed by atoms with Gasteiger partial charge in [-0.3, -0.25) is 0 Å². The topological polar surface area (TPSA) is 12.0 Å². The maximum atomic E-state index is 13.7. The molecule has 3 heteroatoms. The summed E-state index contributed by atoms with van der Waals surface area (Å²) < 4.78 is 13.7. The Bertz CT molecular complexity index is 456. The molecular formula is C15H19ClFN. The van der Waals surface area contributed by atoms with E-state index in [4.69, 9.17) is 11.6 Å². The van der Waals surface area contributed by atoms with Crippen molar-refractivity contribution in [3.8, 4) is 0 Å². The second kappa shape index (κ2) is 5.75. The average Bonchev–Trinajstić information content (AvgIpc) is 2.30. The van der Waals surface area contributed by atoms with Gasteiger partial charge < -0.3 is 5.32 Å². The van der Waals surface area contributed by atoms with Gasteiger partial charge >= 0.3 is 0 Å². The summed E-state index contributed by atoms with van der Waals surface area (Å²) >= 11 is 5.76. The zero-order valence-corrected chi connectivity index (χ0v) is 11.6. The number of allylic oxidation sites excluding steroid dienone is 2. The Kier molecular flexibility index (Phi) is 4.28. The van der Waals surface area contributed by atoms with Crippen LogP contribution in [-0.4, -0.2) is 6.54 Å². The van der Waals surface area contributed by atoms with E-state index in [1.54, 1.807) is 18.2 Å². The molecule has 0 fully saturated rings. The number of anilines is 1. The minimum Gasteiger partial charge on any atom is -0.382 e. The summed E-state index contributed by atoms with van der Waals surface area (Å²) in [5.41, 5.74) is 1.94. The van der Waals surface area contributed by atoms with E-state index in [-0.39, 0.29) is 10.8 Å². The molecule has 0 heterocycles. The standard InChI is InChI=1S/C15H19ClFN/c1-10-6-11(2)8-12(7-10)9-18-14-5-3-4-13(16)15(14)17/h3-6,10,12,18H,7-9H2,1-2H3. The molecule has 0 saturated carbocycles. The molecule has 0 radical (unpaired) electrons. The molecule has 18 heavy (non-hydrogen) atoms. The molecular weight excluding hydrogens is 249 g/mol. The highest BCUT2D eigenvalue weighted by Crippen LogP contribution is 2.29. The van der Waals surface area contributed by atoms with Gasteiger partial charge in [-0.25, -0.2) is 4.39 Å². The van der Waals surface area contributed by atoms with Crippen LogP contribution in [0.15, 0.2) is 29.8 Å². The zero-order chi connectivity index (χ0) is 13.1. The van der Waals surface area contributed by atoms with E-state index in [2.05, 4.69) is 25.2 Å². The Morgan fingerprint density at radius 2 is 2.22 bits per heavy atom. The Hall–Kier alpha value is -1.02. The van der Waals surface area contributed by atoms with Crippen molar-refractivity contribution in [3.05, 3.63) is 40.7 Å². The van der Waals surface area contributed by atoms with Crippen molar-refractivity contribution in [1.82, 2.24) is 0 Å². The highest BCUT2D eigenvalue weighted by atomic mass is 35.5. The SMILES string of the molecule is CC1=CC(C)CC(CNc2cccc(Cl)c2F)C1. The molecule has 0 spiro atoms. The van der Waals surface area contributed by atoms with Gasteiger partial charge in [-0.1, -0.05) is 36.2 Å². The van der Waals surface area contributed by atoms with Crippen LogP contribution in [0.2, 0.25) is 5.02 Å². The molecule has 2 atom stereocenters. The molecule has 0 aromatic heterocycles.